The van der Waals surface area contributed by atoms with Crippen molar-refractivity contribution in [3.63, 3.8) is 0 Å². The number of amides is 2. The number of likely N-dealkylation sites (tertiary alicyclic amines) is 1. The maximum Gasteiger partial charge on any atom is 0.433 e. The van der Waals surface area contributed by atoms with E-state index in [0.29, 0.717) is 19.5 Å². The number of carbonyl (C=O) groups is 2. The second-order valence-corrected chi connectivity index (χ2v) is 5.32. The summed E-state index contributed by atoms with van der Waals surface area (Å²) in [6.45, 7) is 3.75. The van der Waals surface area contributed by atoms with Crippen molar-refractivity contribution >= 4 is 17.5 Å². The Morgan fingerprint density at radius 1 is 1.41 bits per heavy atom. The molecule has 120 valence electrons. The zero-order valence-corrected chi connectivity index (χ0v) is 12.2. The largest absolute Gasteiger partial charge is 0.433 e. The van der Waals surface area contributed by atoms with Gasteiger partial charge in [-0.3, -0.25) is 9.59 Å². The molecule has 22 heavy (non-hydrogen) atoms. The van der Waals surface area contributed by atoms with E-state index in [1.54, 1.807) is 4.90 Å². The zero-order valence-electron chi connectivity index (χ0n) is 12.2. The fourth-order valence-electron chi connectivity index (χ4n) is 2.34. The van der Waals surface area contributed by atoms with Crippen molar-refractivity contribution in [3.8, 4) is 0 Å². The van der Waals surface area contributed by atoms with Crippen molar-refractivity contribution in [2.24, 2.45) is 5.92 Å². The molecule has 2 rings (SSSR count). The van der Waals surface area contributed by atoms with Gasteiger partial charge in [0.1, 0.15) is 5.69 Å². The van der Waals surface area contributed by atoms with Crippen molar-refractivity contribution in [2.75, 3.05) is 18.4 Å². The monoisotopic (exact) mass is 315 g/mol. The van der Waals surface area contributed by atoms with Crippen LogP contribution in [0.4, 0.5) is 18.9 Å². The third-order valence-electron chi connectivity index (χ3n) is 3.66. The molecule has 2 amide bonds. The van der Waals surface area contributed by atoms with Crippen LogP contribution in [0, 0.1) is 12.8 Å². The molecule has 0 bridgehead atoms. The molecule has 2 heterocycles. The van der Waals surface area contributed by atoms with Crippen LogP contribution in [0.15, 0.2) is 12.3 Å². The fourth-order valence-corrected chi connectivity index (χ4v) is 2.34. The van der Waals surface area contributed by atoms with Crippen LogP contribution in [-0.4, -0.2) is 34.8 Å². The predicted octanol–water partition coefficient (Wildman–Crippen LogP) is 2.22. The summed E-state index contributed by atoms with van der Waals surface area (Å²) in [5, 5.41) is 2.58. The predicted molar refractivity (Wildman–Crippen MR) is 73.0 cm³/mol. The van der Waals surface area contributed by atoms with E-state index in [0.717, 1.165) is 12.3 Å². The quantitative estimate of drug-likeness (QED) is 0.910. The van der Waals surface area contributed by atoms with Crippen LogP contribution in [0.2, 0.25) is 0 Å². The summed E-state index contributed by atoms with van der Waals surface area (Å²) in [7, 11) is 0. The van der Waals surface area contributed by atoms with Crippen molar-refractivity contribution in [1.29, 1.82) is 0 Å². The third kappa shape index (κ3) is 3.55. The first kappa shape index (κ1) is 16.3. The molecule has 1 unspecified atom stereocenters. The van der Waals surface area contributed by atoms with Gasteiger partial charge in [-0.05, 0) is 25.0 Å². The highest BCUT2D eigenvalue weighted by atomic mass is 19.4. The molecule has 1 fully saturated rings. The first-order valence-corrected chi connectivity index (χ1v) is 6.78. The molecule has 0 spiro atoms. The molecular formula is C14H16F3N3O2. The van der Waals surface area contributed by atoms with Crippen LogP contribution >= 0.6 is 0 Å². The second-order valence-electron chi connectivity index (χ2n) is 5.32. The average molecular weight is 315 g/mol. The number of rotatable bonds is 2. The molecule has 0 radical (unpaired) electrons. The molecule has 1 aromatic heterocycles. The maximum absolute atomic E-state index is 12.5. The van der Waals surface area contributed by atoms with Crippen molar-refractivity contribution in [3.05, 3.63) is 23.5 Å². The number of carbonyl (C=O) groups excluding carboxylic acids is 2. The van der Waals surface area contributed by atoms with E-state index in [1.165, 1.54) is 13.8 Å². The molecule has 1 aliphatic heterocycles. The fraction of sp³-hybridized carbons (Fsp3) is 0.500. The van der Waals surface area contributed by atoms with Crippen molar-refractivity contribution < 1.29 is 22.8 Å². The lowest BCUT2D eigenvalue weighted by molar-refractivity contribution is -0.141. The summed E-state index contributed by atoms with van der Waals surface area (Å²) >= 11 is 0. The van der Waals surface area contributed by atoms with Gasteiger partial charge in [0.25, 0.3) is 0 Å². The van der Waals surface area contributed by atoms with Crippen LogP contribution in [0.5, 0.6) is 0 Å². The normalized spacial score (nSPS) is 18.4. The maximum atomic E-state index is 12.5. The van der Waals surface area contributed by atoms with Crippen LogP contribution < -0.4 is 5.32 Å². The Kier molecular flexibility index (Phi) is 4.39. The van der Waals surface area contributed by atoms with Gasteiger partial charge >= 0.3 is 6.18 Å². The molecule has 1 atom stereocenters. The number of alkyl halides is 3. The van der Waals surface area contributed by atoms with Gasteiger partial charge in [-0.15, -0.1) is 0 Å². The summed E-state index contributed by atoms with van der Waals surface area (Å²) in [6, 6.07) is 0.895. The molecule has 0 aliphatic carbocycles. The number of aromatic nitrogens is 1. The van der Waals surface area contributed by atoms with Gasteiger partial charge < -0.3 is 10.2 Å². The Balaban J connectivity index is 2.05. The third-order valence-corrected chi connectivity index (χ3v) is 3.66. The number of halogens is 3. The zero-order chi connectivity index (χ0) is 16.5. The first-order valence-electron chi connectivity index (χ1n) is 6.78. The number of anilines is 1. The number of hydrogen-bond donors (Lipinski definition) is 1. The lowest BCUT2D eigenvalue weighted by Gasteiger charge is -2.15. The minimum Gasteiger partial charge on any atom is -0.342 e. The van der Waals surface area contributed by atoms with Crippen LogP contribution in [-0.2, 0) is 15.8 Å². The number of nitrogens with zero attached hydrogens (tertiary/aromatic N) is 2. The van der Waals surface area contributed by atoms with E-state index in [2.05, 4.69) is 10.3 Å². The molecule has 1 saturated heterocycles. The van der Waals surface area contributed by atoms with E-state index in [1.807, 2.05) is 0 Å². The van der Waals surface area contributed by atoms with Gasteiger partial charge in [-0.1, -0.05) is 0 Å². The molecule has 5 nitrogen and oxygen atoms in total. The molecule has 1 aliphatic rings. The number of aryl methyl sites for hydroxylation is 1. The molecular weight excluding hydrogens is 299 g/mol. The average Bonchev–Trinajstić information content (AvgIpc) is 2.89. The standard InChI is InChI=1S/C14H16F3N3O2/c1-8-5-12(14(15,16)17)18-6-11(8)19-13(22)10-3-4-20(7-10)9(2)21/h5-6,10H,3-4,7H2,1-2H3,(H,19,22). The molecule has 0 aromatic carbocycles. The summed E-state index contributed by atoms with van der Waals surface area (Å²) < 4.78 is 37.6. The Bertz CT molecular complexity index is 601. The Morgan fingerprint density at radius 2 is 2.09 bits per heavy atom. The molecule has 1 aromatic rings. The smallest absolute Gasteiger partial charge is 0.342 e. The van der Waals surface area contributed by atoms with Crippen LogP contribution in [0.1, 0.15) is 24.6 Å². The molecule has 1 N–H and O–H groups in total. The highest BCUT2D eigenvalue weighted by Crippen LogP contribution is 2.29. The number of nitrogens with one attached hydrogen (secondary N) is 1. The van der Waals surface area contributed by atoms with Gasteiger partial charge in [0.05, 0.1) is 17.8 Å². The van der Waals surface area contributed by atoms with Gasteiger partial charge in [0.15, 0.2) is 0 Å². The van der Waals surface area contributed by atoms with Crippen LogP contribution in [0.25, 0.3) is 0 Å². The number of hydrogen-bond acceptors (Lipinski definition) is 3. The van der Waals surface area contributed by atoms with E-state index in [-0.39, 0.29) is 29.0 Å². The first-order chi connectivity index (χ1) is 10.2. The molecule has 8 heteroatoms. The van der Waals surface area contributed by atoms with E-state index in [4.69, 9.17) is 0 Å². The summed E-state index contributed by atoms with van der Waals surface area (Å²) in [4.78, 5) is 28.3. The van der Waals surface area contributed by atoms with Gasteiger partial charge in [0, 0.05) is 20.0 Å². The summed E-state index contributed by atoms with van der Waals surface area (Å²) in [6.07, 6.45) is -2.97. The minimum atomic E-state index is -4.51. The van der Waals surface area contributed by atoms with Gasteiger partial charge in [-0.2, -0.15) is 13.2 Å². The number of pyridine rings is 1. The summed E-state index contributed by atoms with van der Waals surface area (Å²) in [5.41, 5.74) is -0.456. The Morgan fingerprint density at radius 3 is 2.59 bits per heavy atom. The van der Waals surface area contributed by atoms with Crippen molar-refractivity contribution in [1.82, 2.24) is 9.88 Å². The minimum absolute atomic E-state index is 0.0947. The second kappa shape index (κ2) is 5.94. The Hall–Kier alpha value is -2.12. The van der Waals surface area contributed by atoms with E-state index >= 15 is 0 Å². The van der Waals surface area contributed by atoms with Crippen LogP contribution in [0.3, 0.4) is 0 Å². The highest BCUT2D eigenvalue weighted by molar-refractivity contribution is 5.93. The van der Waals surface area contributed by atoms with E-state index in [9.17, 15) is 22.8 Å². The van der Waals surface area contributed by atoms with E-state index < -0.39 is 11.9 Å². The highest BCUT2D eigenvalue weighted by Gasteiger charge is 2.33. The Labute approximate surface area is 125 Å². The SMILES string of the molecule is CC(=O)N1CCC(C(=O)Nc2cnc(C(F)(F)F)cc2C)C1. The van der Waals surface area contributed by atoms with Gasteiger partial charge in [0.2, 0.25) is 11.8 Å². The van der Waals surface area contributed by atoms with Gasteiger partial charge in [-0.25, -0.2) is 4.98 Å². The topological polar surface area (TPSA) is 62.3 Å². The lowest BCUT2D eigenvalue weighted by Crippen LogP contribution is -2.30. The molecule has 0 saturated carbocycles. The lowest BCUT2D eigenvalue weighted by atomic mass is 10.1. The summed E-state index contributed by atoms with van der Waals surface area (Å²) in [5.74, 6) is -0.762. The van der Waals surface area contributed by atoms with Crippen molar-refractivity contribution in [2.45, 2.75) is 26.4 Å².